The molecule has 0 spiro atoms. The minimum Gasteiger partial charge on any atom is -0.373 e. The summed E-state index contributed by atoms with van der Waals surface area (Å²) in [5, 5.41) is 0. The van der Waals surface area contributed by atoms with Crippen LogP contribution in [-0.4, -0.2) is 42.3 Å². The second-order valence-corrected chi connectivity index (χ2v) is 6.17. The maximum Gasteiger partial charge on any atom is 0.0678 e. The number of hydrogen-bond donors (Lipinski definition) is 1. The molecule has 0 radical (unpaired) electrons. The molecule has 1 heterocycles. The predicted octanol–water partition coefficient (Wildman–Crippen LogP) is 2.78. The van der Waals surface area contributed by atoms with E-state index in [2.05, 4.69) is 32.6 Å². The van der Waals surface area contributed by atoms with Gasteiger partial charge in [0.1, 0.15) is 0 Å². The van der Waals surface area contributed by atoms with Crippen LogP contribution in [0.4, 0.5) is 0 Å². The van der Waals surface area contributed by atoms with Crippen LogP contribution in [0.15, 0.2) is 0 Å². The van der Waals surface area contributed by atoms with Crippen LogP contribution in [0.5, 0.6) is 0 Å². The molecule has 2 N–H and O–H groups in total. The summed E-state index contributed by atoms with van der Waals surface area (Å²) in [6, 6.07) is 0. The van der Waals surface area contributed by atoms with Gasteiger partial charge in [-0.05, 0) is 27.2 Å². The number of nitrogens with zero attached hydrogens (tertiary/aromatic N) is 1. The van der Waals surface area contributed by atoms with Crippen LogP contribution in [0.25, 0.3) is 0 Å². The Bertz CT molecular complexity index is 225. The summed E-state index contributed by atoms with van der Waals surface area (Å²) >= 11 is 0. The van der Waals surface area contributed by atoms with Gasteiger partial charge >= 0.3 is 0 Å². The van der Waals surface area contributed by atoms with Crippen molar-refractivity contribution in [2.75, 3.05) is 19.6 Å². The molecule has 0 aromatic carbocycles. The molecule has 1 fully saturated rings. The Balaban J connectivity index is 2.50. The minimum absolute atomic E-state index is 0.153. The molecule has 18 heavy (non-hydrogen) atoms. The molecule has 3 atom stereocenters. The highest BCUT2D eigenvalue weighted by atomic mass is 16.5. The van der Waals surface area contributed by atoms with Gasteiger partial charge in [0, 0.05) is 25.2 Å². The van der Waals surface area contributed by atoms with E-state index in [-0.39, 0.29) is 5.54 Å². The van der Waals surface area contributed by atoms with Crippen molar-refractivity contribution in [3.8, 4) is 0 Å². The van der Waals surface area contributed by atoms with Crippen LogP contribution in [0.1, 0.15) is 59.8 Å². The molecule has 0 bridgehead atoms. The van der Waals surface area contributed by atoms with E-state index < -0.39 is 0 Å². The van der Waals surface area contributed by atoms with Gasteiger partial charge in [0.05, 0.1) is 12.2 Å². The Labute approximate surface area is 113 Å². The van der Waals surface area contributed by atoms with Crippen molar-refractivity contribution in [1.82, 2.24) is 4.90 Å². The summed E-state index contributed by atoms with van der Waals surface area (Å²) in [6.45, 7) is 11.7. The van der Waals surface area contributed by atoms with Crippen molar-refractivity contribution < 1.29 is 4.74 Å². The topological polar surface area (TPSA) is 38.5 Å². The molecular weight excluding hydrogens is 224 g/mol. The van der Waals surface area contributed by atoms with Gasteiger partial charge in [-0.3, -0.25) is 4.90 Å². The van der Waals surface area contributed by atoms with Gasteiger partial charge in [-0.1, -0.05) is 32.6 Å². The van der Waals surface area contributed by atoms with Crippen LogP contribution in [0, 0.1) is 0 Å². The smallest absolute Gasteiger partial charge is 0.0678 e. The second-order valence-electron chi connectivity index (χ2n) is 6.17. The molecule has 3 nitrogen and oxygen atoms in total. The third kappa shape index (κ3) is 4.52. The zero-order valence-corrected chi connectivity index (χ0v) is 12.7. The summed E-state index contributed by atoms with van der Waals surface area (Å²) in [4.78, 5) is 2.55. The molecule has 1 aliphatic heterocycles. The third-order valence-electron chi connectivity index (χ3n) is 4.19. The molecule has 0 aromatic heterocycles. The molecule has 1 saturated heterocycles. The Kier molecular flexibility index (Phi) is 6.61. The molecule has 108 valence electrons. The quantitative estimate of drug-likeness (QED) is 0.712. The lowest BCUT2D eigenvalue weighted by Gasteiger charge is -2.46. The Morgan fingerprint density at radius 1 is 1.17 bits per heavy atom. The van der Waals surface area contributed by atoms with Gasteiger partial charge in [-0.15, -0.1) is 0 Å². The molecule has 1 aliphatic rings. The maximum atomic E-state index is 6.06. The van der Waals surface area contributed by atoms with Gasteiger partial charge in [0.2, 0.25) is 0 Å². The standard InChI is InChI=1S/C15H32N2O/c1-5-6-7-8-9-15(4,12-16)17-10-13(2)18-14(3)11-17/h13-14H,5-12,16H2,1-4H3. The molecule has 3 unspecified atom stereocenters. The number of morpholine rings is 1. The first-order valence-electron chi connectivity index (χ1n) is 7.62. The van der Waals surface area contributed by atoms with E-state index >= 15 is 0 Å². The van der Waals surface area contributed by atoms with Crippen molar-refractivity contribution in [3.05, 3.63) is 0 Å². The molecule has 1 rings (SSSR count). The zero-order valence-electron chi connectivity index (χ0n) is 12.7. The largest absolute Gasteiger partial charge is 0.373 e. The number of unbranched alkanes of at least 4 members (excludes halogenated alkanes) is 3. The van der Waals surface area contributed by atoms with Crippen molar-refractivity contribution in [2.24, 2.45) is 5.73 Å². The molecular formula is C15H32N2O. The summed E-state index contributed by atoms with van der Waals surface area (Å²) in [7, 11) is 0. The van der Waals surface area contributed by atoms with E-state index in [0.717, 1.165) is 19.6 Å². The molecule has 0 aromatic rings. The summed E-state index contributed by atoms with van der Waals surface area (Å²) in [5.41, 5.74) is 6.21. The highest BCUT2D eigenvalue weighted by Gasteiger charge is 2.35. The van der Waals surface area contributed by atoms with Crippen LogP contribution < -0.4 is 5.73 Å². The van der Waals surface area contributed by atoms with E-state index in [1.165, 1.54) is 32.1 Å². The maximum absolute atomic E-state index is 6.06. The lowest BCUT2D eigenvalue weighted by atomic mass is 9.90. The predicted molar refractivity (Wildman–Crippen MR) is 77.8 cm³/mol. The summed E-state index contributed by atoms with van der Waals surface area (Å²) in [6.07, 6.45) is 7.14. The van der Waals surface area contributed by atoms with Gasteiger partial charge in [0.25, 0.3) is 0 Å². The zero-order chi connectivity index (χ0) is 13.6. The number of nitrogens with two attached hydrogens (primary N) is 1. The fourth-order valence-corrected chi connectivity index (χ4v) is 2.94. The molecule has 3 heteroatoms. The number of rotatable bonds is 7. The third-order valence-corrected chi connectivity index (χ3v) is 4.19. The van der Waals surface area contributed by atoms with E-state index in [1.54, 1.807) is 0 Å². The highest BCUT2D eigenvalue weighted by Crippen LogP contribution is 2.26. The lowest BCUT2D eigenvalue weighted by Crippen LogP contribution is -2.59. The van der Waals surface area contributed by atoms with Gasteiger partial charge in [-0.25, -0.2) is 0 Å². The SMILES string of the molecule is CCCCCCC(C)(CN)N1CC(C)OC(C)C1. The van der Waals surface area contributed by atoms with Crippen molar-refractivity contribution >= 4 is 0 Å². The molecule has 0 amide bonds. The summed E-state index contributed by atoms with van der Waals surface area (Å²) < 4.78 is 5.82. The van der Waals surface area contributed by atoms with E-state index in [4.69, 9.17) is 10.5 Å². The molecule has 0 aliphatic carbocycles. The van der Waals surface area contributed by atoms with Crippen molar-refractivity contribution in [1.29, 1.82) is 0 Å². The average Bonchev–Trinajstić information content (AvgIpc) is 2.33. The average molecular weight is 256 g/mol. The highest BCUT2D eigenvalue weighted by molar-refractivity contribution is 4.91. The van der Waals surface area contributed by atoms with Crippen molar-refractivity contribution in [2.45, 2.75) is 77.5 Å². The Hall–Kier alpha value is -0.120. The first-order chi connectivity index (χ1) is 8.51. The fourth-order valence-electron chi connectivity index (χ4n) is 2.94. The Morgan fingerprint density at radius 3 is 2.28 bits per heavy atom. The van der Waals surface area contributed by atoms with Crippen molar-refractivity contribution in [3.63, 3.8) is 0 Å². The second kappa shape index (κ2) is 7.46. The van der Waals surface area contributed by atoms with Crippen LogP contribution in [0.3, 0.4) is 0 Å². The normalized spacial score (nSPS) is 29.2. The van der Waals surface area contributed by atoms with E-state index in [1.807, 2.05) is 0 Å². The van der Waals surface area contributed by atoms with Gasteiger partial charge in [-0.2, -0.15) is 0 Å². The number of ether oxygens (including phenoxy) is 1. The first-order valence-corrected chi connectivity index (χ1v) is 7.62. The van der Waals surface area contributed by atoms with E-state index in [9.17, 15) is 0 Å². The monoisotopic (exact) mass is 256 g/mol. The van der Waals surface area contributed by atoms with Crippen LogP contribution >= 0.6 is 0 Å². The molecule has 0 saturated carbocycles. The van der Waals surface area contributed by atoms with Gasteiger partial charge in [0.15, 0.2) is 0 Å². The van der Waals surface area contributed by atoms with Gasteiger partial charge < -0.3 is 10.5 Å². The summed E-state index contributed by atoms with van der Waals surface area (Å²) in [5.74, 6) is 0. The lowest BCUT2D eigenvalue weighted by molar-refractivity contribution is -0.0991. The minimum atomic E-state index is 0.153. The number of hydrogen-bond acceptors (Lipinski definition) is 3. The van der Waals surface area contributed by atoms with Crippen LogP contribution in [0.2, 0.25) is 0 Å². The first kappa shape index (κ1) is 15.9. The fraction of sp³-hybridized carbons (Fsp3) is 1.00. The Morgan fingerprint density at radius 2 is 1.78 bits per heavy atom. The van der Waals surface area contributed by atoms with E-state index in [0.29, 0.717) is 12.2 Å². The van der Waals surface area contributed by atoms with Crippen LogP contribution in [-0.2, 0) is 4.74 Å².